The van der Waals surface area contributed by atoms with Crippen LogP contribution in [-0.2, 0) is 0 Å². The van der Waals surface area contributed by atoms with Gasteiger partial charge in [0.25, 0.3) is 5.91 Å². The topological polar surface area (TPSA) is 67.1 Å². The summed E-state index contributed by atoms with van der Waals surface area (Å²) in [4.78, 5) is 14.5. The first kappa shape index (κ1) is 24.4. The number of carbonyl (C=O) groups excluding carboxylic acids is 1. The molecule has 0 aliphatic carbocycles. The molecule has 0 saturated carbocycles. The number of anilines is 2. The lowest BCUT2D eigenvalue weighted by molar-refractivity contribution is 0.102. The standard InChI is InChI=1S/C19H20N2OS2.C6H9N/c1-11(2)18-12(3)20-16-10-13(4-9-17(16)24-18)19(22)21-14-5-7-15(23)8-6-14;1-3-5-6(7)4-2/h4-11,18,20,23H,3H2,1-2H3,(H,21,22);3-5H,1-2,7H2/b;6-5+. The minimum atomic E-state index is -0.131. The maximum absolute atomic E-state index is 12.5. The molecule has 2 aromatic rings. The van der Waals surface area contributed by atoms with Gasteiger partial charge in [-0.2, -0.15) is 0 Å². The third-order valence-electron chi connectivity index (χ3n) is 4.41. The molecule has 1 heterocycles. The molecule has 6 heteroatoms. The molecule has 4 nitrogen and oxygen atoms in total. The van der Waals surface area contributed by atoms with Crippen LogP contribution in [0.1, 0.15) is 24.2 Å². The maximum atomic E-state index is 12.5. The van der Waals surface area contributed by atoms with Crippen LogP contribution in [0, 0.1) is 5.92 Å². The molecule has 31 heavy (non-hydrogen) atoms. The van der Waals surface area contributed by atoms with E-state index in [0.29, 0.717) is 22.4 Å². The zero-order valence-electron chi connectivity index (χ0n) is 17.9. The van der Waals surface area contributed by atoms with E-state index in [4.69, 9.17) is 5.73 Å². The minimum Gasteiger partial charge on any atom is -0.399 e. The summed E-state index contributed by atoms with van der Waals surface area (Å²) in [5.74, 6) is 0.369. The molecule has 0 aromatic heterocycles. The summed E-state index contributed by atoms with van der Waals surface area (Å²) in [7, 11) is 0. The van der Waals surface area contributed by atoms with E-state index < -0.39 is 0 Å². The van der Waals surface area contributed by atoms with Crippen molar-refractivity contribution < 1.29 is 4.79 Å². The number of nitrogens with two attached hydrogens (primary N) is 1. The fraction of sp³-hybridized carbons (Fsp3) is 0.160. The van der Waals surface area contributed by atoms with E-state index in [-0.39, 0.29) is 5.91 Å². The first-order chi connectivity index (χ1) is 14.7. The van der Waals surface area contributed by atoms with Crippen LogP contribution in [-0.4, -0.2) is 11.2 Å². The third-order valence-corrected chi connectivity index (χ3v) is 6.40. The summed E-state index contributed by atoms with van der Waals surface area (Å²) in [5.41, 5.74) is 9.21. The Bertz CT molecular complexity index is 994. The van der Waals surface area contributed by atoms with Crippen LogP contribution in [0.4, 0.5) is 11.4 Å². The SMILES string of the molecule is C=C/C=C(/N)C=C.C=C1Nc2cc(C(=O)Nc3ccc(S)cc3)ccc2SC1C(C)C. The lowest BCUT2D eigenvalue weighted by Gasteiger charge is -2.30. The molecular weight excluding hydrogens is 422 g/mol. The van der Waals surface area contributed by atoms with Gasteiger partial charge in [0.05, 0.1) is 10.9 Å². The smallest absolute Gasteiger partial charge is 0.255 e. The van der Waals surface area contributed by atoms with Crippen molar-refractivity contribution in [1.82, 2.24) is 0 Å². The first-order valence-electron chi connectivity index (χ1n) is 9.82. The molecule has 1 aliphatic heterocycles. The average molecular weight is 452 g/mol. The van der Waals surface area contributed by atoms with Gasteiger partial charge < -0.3 is 16.4 Å². The van der Waals surface area contributed by atoms with Crippen molar-refractivity contribution in [1.29, 1.82) is 0 Å². The molecular formula is C25H29N3OS2. The van der Waals surface area contributed by atoms with E-state index >= 15 is 0 Å². The van der Waals surface area contributed by atoms with Crippen LogP contribution in [0.15, 0.2) is 102 Å². The molecule has 2 aromatic carbocycles. The molecule has 0 fully saturated rings. The van der Waals surface area contributed by atoms with Crippen LogP contribution >= 0.6 is 24.4 Å². The predicted molar refractivity (Wildman–Crippen MR) is 138 cm³/mol. The number of hydrogen-bond acceptors (Lipinski definition) is 5. The highest BCUT2D eigenvalue weighted by molar-refractivity contribution is 8.00. The molecule has 1 amide bonds. The molecule has 1 aliphatic rings. The van der Waals surface area contributed by atoms with E-state index in [0.717, 1.165) is 26.9 Å². The maximum Gasteiger partial charge on any atom is 0.255 e. The van der Waals surface area contributed by atoms with Crippen molar-refractivity contribution >= 4 is 41.7 Å². The Kier molecular flexibility index (Phi) is 9.09. The molecule has 0 radical (unpaired) electrons. The van der Waals surface area contributed by atoms with E-state index in [2.05, 4.69) is 56.8 Å². The molecule has 0 saturated heterocycles. The Balaban J connectivity index is 0.000000423. The van der Waals surface area contributed by atoms with Gasteiger partial charge in [0.2, 0.25) is 0 Å². The van der Waals surface area contributed by atoms with Crippen LogP contribution in [0.25, 0.3) is 0 Å². The minimum absolute atomic E-state index is 0.131. The van der Waals surface area contributed by atoms with Gasteiger partial charge in [-0.3, -0.25) is 4.79 Å². The molecule has 1 unspecified atom stereocenters. The fourth-order valence-corrected chi connectivity index (χ4v) is 4.09. The number of allylic oxidation sites excluding steroid dienone is 3. The zero-order valence-corrected chi connectivity index (χ0v) is 19.6. The Hall–Kier alpha value is -2.83. The van der Waals surface area contributed by atoms with Crippen molar-refractivity contribution in [2.24, 2.45) is 11.7 Å². The second kappa shape index (κ2) is 11.5. The largest absolute Gasteiger partial charge is 0.399 e. The predicted octanol–water partition coefficient (Wildman–Crippen LogP) is 6.48. The highest BCUT2D eigenvalue weighted by atomic mass is 32.2. The van der Waals surface area contributed by atoms with E-state index in [1.165, 1.54) is 0 Å². The second-order valence-corrected chi connectivity index (χ2v) is 8.95. The van der Waals surface area contributed by atoms with Crippen molar-refractivity contribution in [2.75, 3.05) is 10.6 Å². The quantitative estimate of drug-likeness (QED) is 0.310. The second-order valence-electron chi connectivity index (χ2n) is 7.25. The van der Waals surface area contributed by atoms with Gasteiger partial charge in [0.15, 0.2) is 0 Å². The Morgan fingerprint density at radius 3 is 2.45 bits per heavy atom. The van der Waals surface area contributed by atoms with Crippen LogP contribution in [0.2, 0.25) is 0 Å². The summed E-state index contributed by atoms with van der Waals surface area (Å²) < 4.78 is 0. The lowest BCUT2D eigenvalue weighted by atomic mass is 10.1. The molecule has 162 valence electrons. The summed E-state index contributed by atoms with van der Waals surface area (Å²) in [6.45, 7) is 15.4. The number of thioether (sulfide) groups is 1. The number of fused-ring (bicyclic) bond motifs is 1. The third kappa shape index (κ3) is 7.12. The lowest BCUT2D eigenvalue weighted by Crippen LogP contribution is -2.23. The Morgan fingerprint density at radius 2 is 1.90 bits per heavy atom. The fourth-order valence-electron chi connectivity index (χ4n) is 2.81. The van der Waals surface area contributed by atoms with Crippen LogP contribution in [0.5, 0.6) is 0 Å². The summed E-state index contributed by atoms with van der Waals surface area (Å²) in [5, 5.41) is 6.60. The monoisotopic (exact) mass is 451 g/mol. The molecule has 0 bridgehead atoms. The molecule has 0 spiro atoms. The number of amides is 1. The van der Waals surface area contributed by atoms with Gasteiger partial charge in [0, 0.05) is 32.4 Å². The van der Waals surface area contributed by atoms with E-state index in [1.54, 1.807) is 30.0 Å². The summed E-state index contributed by atoms with van der Waals surface area (Å²) in [6.07, 6.45) is 4.88. The molecule has 1 atom stereocenters. The summed E-state index contributed by atoms with van der Waals surface area (Å²) >= 11 is 6.04. The molecule has 4 N–H and O–H groups in total. The van der Waals surface area contributed by atoms with Gasteiger partial charge in [-0.05, 0) is 60.5 Å². The van der Waals surface area contributed by atoms with Crippen LogP contribution < -0.4 is 16.4 Å². The number of carbonyl (C=O) groups is 1. The highest BCUT2D eigenvalue weighted by Gasteiger charge is 2.25. The van der Waals surface area contributed by atoms with Gasteiger partial charge in [-0.15, -0.1) is 24.4 Å². The number of nitrogens with one attached hydrogen (secondary N) is 2. The van der Waals surface area contributed by atoms with Crippen molar-refractivity contribution in [2.45, 2.75) is 28.9 Å². The number of hydrogen-bond donors (Lipinski definition) is 4. The highest BCUT2D eigenvalue weighted by Crippen LogP contribution is 2.42. The van der Waals surface area contributed by atoms with E-state index in [1.807, 2.05) is 42.5 Å². The average Bonchev–Trinajstić information content (AvgIpc) is 2.74. The Morgan fingerprint density at radius 1 is 1.23 bits per heavy atom. The zero-order chi connectivity index (χ0) is 23.0. The van der Waals surface area contributed by atoms with Gasteiger partial charge in [0.1, 0.15) is 0 Å². The van der Waals surface area contributed by atoms with Crippen molar-refractivity contribution in [3.8, 4) is 0 Å². The first-order valence-corrected chi connectivity index (χ1v) is 11.1. The normalized spacial score (nSPS) is 15.2. The molecule has 3 rings (SSSR count). The number of rotatable bonds is 5. The Labute approximate surface area is 194 Å². The number of benzene rings is 2. The van der Waals surface area contributed by atoms with Crippen molar-refractivity contribution in [3.63, 3.8) is 0 Å². The van der Waals surface area contributed by atoms with Crippen LogP contribution in [0.3, 0.4) is 0 Å². The number of thiol groups is 1. The van der Waals surface area contributed by atoms with Gasteiger partial charge >= 0.3 is 0 Å². The van der Waals surface area contributed by atoms with E-state index in [9.17, 15) is 4.79 Å². The van der Waals surface area contributed by atoms with Gasteiger partial charge in [-0.25, -0.2) is 0 Å². The van der Waals surface area contributed by atoms with Gasteiger partial charge in [-0.1, -0.05) is 39.7 Å². The summed E-state index contributed by atoms with van der Waals surface area (Å²) in [6, 6.07) is 13.1. The van der Waals surface area contributed by atoms with Crippen molar-refractivity contribution in [3.05, 3.63) is 97.4 Å².